The van der Waals surface area contributed by atoms with Crippen molar-refractivity contribution in [3.63, 3.8) is 0 Å². The zero-order valence-corrected chi connectivity index (χ0v) is 17.8. The van der Waals surface area contributed by atoms with E-state index >= 15 is 0 Å². The Labute approximate surface area is 189 Å². The molecule has 4 rings (SSSR count). The summed E-state index contributed by atoms with van der Waals surface area (Å²) in [6, 6.07) is 24.5. The summed E-state index contributed by atoms with van der Waals surface area (Å²) in [6.07, 6.45) is 0. The lowest BCUT2D eigenvalue weighted by molar-refractivity contribution is 0.0995. The Balaban J connectivity index is 1.48. The van der Waals surface area contributed by atoms with Crippen LogP contribution in [-0.2, 0) is 0 Å². The lowest BCUT2D eigenvalue weighted by atomic mass is 10.2. The lowest BCUT2D eigenvalue weighted by Gasteiger charge is -2.13. The molecule has 1 heterocycles. The highest BCUT2D eigenvalue weighted by Crippen LogP contribution is 2.30. The number of nitrogens with one attached hydrogen (secondary N) is 2. The maximum absolute atomic E-state index is 12.6. The van der Waals surface area contributed by atoms with Crippen molar-refractivity contribution in [2.24, 2.45) is 0 Å². The number of halogens is 1. The largest absolute Gasteiger partial charge is 0.494 e. The van der Waals surface area contributed by atoms with Gasteiger partial charge in [0.25, 0.3) is 11.8 Å². The molecule has 0 saturated carbocycles. The number of hydrogen-bond donors (Lipinski definition) is 2. The van der Waals surface area contributed by atoms with Gasteiger partial charge >= 0.3 is 0 Å². The van der Waals surface area contributed by atoms with Crippen molar-refractivity contribution in [2.45, 2.75) is 0 Å². The molecule has 0 spiro atoms. The van der Waals surface area contributed by atoms with Crippen LogP contribution < -0.4 is 15.4 Å². The van der Waals surface area contributed by atoms with Gasteiger partial charge in [-0.3, -0.25) is 9.59 Å². The summed E-state index contributed by atoms with van der Waals surface area (Å²) in [5.74, 6) is 0.398. The Morgan fingerprint density at radius 1 is 0.844 bits per heavy atom. The van der Waals surface area contributed by atoms with Crippen LogP contribution in [0.25, 0.3) is 11.3 Å². The molecule has 2 amide bonds. The standard InChI is InChI=1S/C25H19ClN2O4/c1-31-23-15-17(11-12-20(23)28-24(29)18-9-5-6-10-19(18)26)27-25(30)22-14-13-21(32-22)16-7-3-2-4-8-16/h2-15H,1H3,(H,27,30)(H,28,29). The molecule has 3 aromatic carbocycles. The summed E-state index contributed by atoms with van der Waals surface area (Å²) in [4.78, 5) is 25.2. The molecule has 32 heavy (non-hydrogen) atoms. The summed E-state index contributed by atoms with van der Waals surface area (Å²) < 4.78 is 11.1. The van der Waals surface area contributed by atoms with E-state index in [2.05, 4.69) is 10.6 Å². The Kier molecular flexibility index (Phi) is 6.24. The van der Waals surface area contributed by atoms with E-state index in [4.69, 9.17) is 20.8 Å². The van der Waals surface area contributed by atoms with Gasteiger partial charge in [0, 0.05) is 17.3 Å². The topological polar surface area (TPSA) is 80.6 Å². The zero-order valence-electron chi connectivity index (χ0n) is 17.1. The highest BCUT2D eigenvalue weighted by Gasteiger charge is 2.16. The Bertz CT molecular complexity index is 1270. The molecule has 0 saturated heterocycles. The highest BCUT2D eigenvalue weighted by atomic mass is 35.5. The number of benzene rings is 3. The van der Waals surface area contributed by atoms with Crippen LogP contribution in [0.15, 0.2) is 89.3 Å². The second kappa shape index (κ2) is 9.41. The van der Waals surface area contributed by atoms with E-state index in [9.17, 15) is 9.59 Å². The van der Waals surface area contributed by atoms with Gasteiger partial charge in [0.05, 0.1) is 23.4 Å². The van der Waals surface area contributed by atoms with Gasteiger partial charge in [-0.1, -0.05) is 54.1 Å². The average Bonchev–Trinajstić information content (AvgIpc) is 3.31. The van der Waals surface area contributed by atoms with Crippen LogP contribution in [0, 0.1) is 0 Å². The van der Waals surface area contributed by atoms with Crippen LogP contribution in [0.5, 0.6) is 5.75 Å². The molecular formula is C25H19ClN2O4. The van der Waals surface area contributed by atoms with Gasteiger partial charge in [0.1, 0.15) is 11.5 Å². The van der Waals surface area contributed by atoms with Crippen LogP contribution in [0.2, 0.25) is 5.02 Å². The quantitative estimate of drug-likeness (QED) is 0.374. The summed E-state index contributed by atoms with van der Waals surface area (Å²) in [6.45, 7) is 0. The molecule has 160 valence electrons. The molecule has 6 nitrogen and oxygen atoms in total. The molecule has 2 N–H and O–H groups in total. The van der Waals surface area contributed by atoms with E-state index in [1.54, 1.807) is 54.6 Å². The highest BCUT2D eigenvalue weighted by molar-refractivity contribution is 6.34. The van der Waals surface area contributed by atoms with Gasteiger partial charge in [-0.05, 0) is 36.4 Å². The predicted molar refractivity (Wildman–Crippen MR) is 124 cm³/mol. The van der Waals surface area contributed by atoms with Gasteiger partial charge in [-0.25, -0.2) is 0 Å². The average molecular weight is 447 g/mol. The number of ether oxygens (including phenoxy) is 1. The Morgan fingerprint density at radius 2 is 1.59 bits per heavy atom. The Morgan fingerprint density at radius 3 is 2.34 bits per heavy atom. The van der Waals surface area contributed by atoms with Crippen molar-refractivity contribution in [3.05, 3.63) is 101 Å². The Hall–Kier alpha value is -4.03. The number of anilines is 2. The third-order valence-corrected chi connectivity index (χ3v) is 5.04. The molecule has 0 aliphatic rings. The van der Waals surface area contributed by atoms with Crippen molar-refractivity contribution >= 4 is 34.8 Å². The monoisotopic (exact) mass is 446 g/mol. The first kappa shape index (κ1) is 21.2. The first-order valence-corrected chi connectivity index (χ1v) is 10.1. The lowest BCUT2D eigenvalue weighted by Crippen LogP contribution is -2.14. The van der Waals surface area contributed by atoms with Crippen molar-refractivity contribution in [3.8, 4) is 17.1 Å². The third kappa shape index (κ3) is 4.66. The van der Waals surface area contributed by atoms with Crippen molar-refractivity contribution in [1.29, 1.82) is 0 Å². The van der Waals surface area contributed by atoms with Gasteiger partial charge in [-0.15, -0.1) is 0 Å². The number of furan rings is 1. The number of methoxy groups -OCH3 is 1. The number of amides is 2. The fourth-order valence-electron chi connectivity index (χ4n) is 3.12. The molecule has 0 unspecified atom stereocenters. The molecule has 0 fully saturated rings. The summed E-state index contributed by atoms with van der Waals surface area (Å²) in [5.41, 5.74) is 2.16. The van der Waals surface area contributed by atoms with Crippen molar-refractivity contribution in [1.82, 2.24) is 0 Å². The van der Waals surface area contributed by atoms with E-state index in [1.807, 2.05) is 30.3 Å². The molecule has 0 aliphatic carbocycles. The molecule has 0 bridgehead atoms. The molecule has 4 aromatic rings. The van der Waals surface area contributed by atoms with E-state index < -0.39 is 5.91 Å². The molecule has 0 atom stereocenters. The maximum atomic E-state index is 12.6. The minimum atomic E-state index is -0.401. The van der Waals surface area contributed by atoms with Crippen LogP contribution in [0.4, 0.5) is 11.4 Å². The normalized spacial score (nSPS) is 10.4. The maximum Gasteiger partial charge on any atom is 0.291 e. The van der Waals surface area contributed by atoms with Crippen LogP contribution >= 0.6 is 11.6 Å². The van der Waals surface area contributed by atoms with Crippen LogP contribution in [-0.4, -0.2) is 18.9 Å². The fourth-order valence-corrected chi connectivity index (χ4v) is 3.34. The predicted octanol–water partition coefficient (Wildman–Crippen LogP) is 6.11. The first-order valence-electron chi connectivity index (χ1n) is 9.75. The fraction of sp³-hybridized carbons (Fsp3) is 0.0400. The SMILES string of the molecule is COc1cc(NC(=O)c2ccc(-c3ccccc3)o2)ccc1NC(=O)c1ccccc1Cl. The first-order chi connectivity index (χ1) is 15.5. The molecule has 1 aromatic heterocycles. The number of carbonyl (C=O) groups excluding carboxylic acids is 2. The minimum absolute atomic E-state index is 0.180. The van der Waals surface area contributed by atoms with Crippen molar-refractivity contribution < 1.29 is 18.7 Å². The van der Waals surface area contributed by atoms with Gasteiger partial charge < -0.3 is 19.8 Å². The number of carbonyl (C=O) groups is 2. The minimum Gasteiger partial charge on any atom is -0.494 e. The van der Waals surface area contributed by atoms with Gasteiger partial charge in [0.2, 0.25) is 0 Å². The molecule has 7 heteroatoms. The van der Waals surface area contributed by atoms with E-state index in [0.29, 0.717) is 33.5 Å². The van der Waals surface area contributed by atoms with Crippen LogP contribution in [0.3, 0.4) is 0 Å². The zero-order chi connectivity index (χ0) is 22.5. The number of hydrogen-bond acceptors (Lipinski definition) is 4. The second-order valence-electron chi connectivity index (χ2n) is 6.83. The van der Waals surface area contributed by atoms with Crippen LogP contribution in [0.1, 0.15) is 20.9 Å². The van der Waals surface area contributed by atoms with E-state index in [0.717, 1.165) is 5.56 Å². The summed E-state index contributed by atoms with van der Waals surface area (Å²) in [5, 5.41) is 5.89. The second-order valence-corrected chi connectivity index (χ2v) is 7.24. The third-order valence-electron chi connectivity index (χ3n) is 4.71. The van der Waals surface area contributed by atoms with Crippen molar-refractivity contribution in [2.75, 3.05) is 17.7 Å². The van der Waals surface area contributed by atoms with E-state index in [1.165, 1.54) is 7.11 Å². The smallest absolute Gasteiger partial charge is 0.291 e. The summed E-state index contributed by atoms with van der Waals surface area (Å²) >= 11 is 6.09. The van der Waals surface area contributed by atoms with Gasteiger partial charge in [0.15, 0.2) is 5.76 Å². The van der Waals surface area contributed by atoms with Gasteiger partial charge in [-0.2, -0.15) is 0 Å². The molecule has 0 aliphatic heterocycles. The number of rotatable bonds is 6. The van der Waals surface area contributed by atoms with E-state index in [-0.39, 0.29) is 11.7 Å². The summed E-state index contributed by atoms with van der Waals surface area (Å²) in [7, 11) is 1.48. The molecular weight excluding hydrogens is 428 g/mol. The molecule has 0 radical (unpaired) electrons.